The highest BCUT2D eigenvalue weighted by molar-refractivity contribution is 5.80. The smallest absolute Gasteiger partial charge is 0.303 e. The van der Waals surface area contributed by atoms with Gasteiger partial charge in [-0.05, 0) is 61.4 Å². The number of carbonyl (C=O) groups excluding carboxylic acids is 1. The summed E-state index contributed by atoms with van der Waals surface area (Å²) < 4.78 is 0. The Labute approximate surface area is 211 Å². The number of para-hydroxylation sites is 1. The van der Waals surface area contributed by atoms with E-state index in [2.05, 4.69) is 27.4 Å². The van der Waals surface area contributed by atoms with E-state index in [1.165, 1.54) is 5.56 Å². The molecule has 0 bridgehead atoms. The average molecular weight is 488 g/mol. The van der Waals surface area contributed by atoms with E-state index in [0.29, 0.717) is 17.9 Å². The van der Waals surface area contributed by atoms with Gasteiger partial charge in [0.05, 0.1) is 6.42 Å². The van der Waals surface area contributed by atoms with Gasteiger partial charge in [-0.15, -0.1) is 0 Å². The molecular formula is C28H33N5O3. The average Bonchev–Trinajstić information content (AvgIpc) is 2.90. The van der Waals surface area contributed by atoms with Crippen LogP contribution in [0.15, 0.2) is 54.9 Å². The summed E-state index contributed by atoms with van der Waals surface area (Å²) in [5.74, 6) is 0.183. The molecule has 4 rings (SSSR count). The van der Waals surface area contributed by atoms with Crippen molar-refractivity contribution in [3.63, 3.8) is 0 Å². The number of aliphatic carboxylic acids is 1. The van der Waals surface area contributed by atoms with Crippen molar-refractivity contribution in [1.82, 2.24) is 15.0 Å². The molecule has 0 radical (unpaired) electrons. The predicted octanol–water partition coefficient (Wildman–Crippen LogP) is 4.93. The molecule has 0 aliphatic carbocycles. The fraction of sp³-hybridized carbons (Fsp3) is 0.393. The number of aromatic nitrogens is 3. The van der Waals surface area contributed by atoms with Crippen LogP contribution in [0.4, 0.5) is 17.5 Å². The minimum atomic E-state index is -0.939. The van der Waals surface area contributed by atoms with Gasteiger partial charge in [0.2, 0.25) is 5.95 Å². The van der Waals surface area contributed by atoms with Gasteiger partial charge < -0.3 is 15.3 Å². The SMILES string of the molecule is CN(c1ccccc1)c1ncc(C(CC(=O)O)CC(=O)CCCCc2ccc3c(n2)NCCC3)cn1. The lowest BCUT2D eigenvalue weighted by Crippen LogP contribution is -2.15. The first-order valence-corrected chi connectivity index (χ1v) is 12.6. The number of nitrogens with one attached hydrogen (secondary N) is 1. The molecule has 0 fully saturated rings. The zero-order chi connectivity index (χ0) is 25.3. The molecular weight excluding hydrogens is 454 g/mol. The molecule has 2 aromatic heterocycles. The van der Waals surface area contributed by atoms with Gasteiger partial charge in [-0.25, -0.2) is 15.0 Å². The Kier molecular flexibility index (Phi) is 8.60. The second kappa shape index (κ2) is 12.2. The maximum Gasteiger partial charge on any atom is 0.303 e. The van der Waals surface area contributed by atoms with Crippen LogP contribution in [0, 0.1) is 0 Å². The van der Waals surface area contributed by atoms with E-state index in [-0.39, 0.29) is 18.6 Å². The number of aryl methyl sites for hydroxylation is 2. The van der Waals surface area contributed by atoms with E-state index in [4.69, 9.17) is 4.98 Å². The first kappa shape index (κ1) is 25.3. The lowest BCUT2D eigenvalue weighted by Gasteiger charge is -2.19. The molecule has 3 aromatic rings. The number of hydrogen-bond acceptors (Lipinski definition) is 7. The molecule has 0 spiro atoms. The zero-order valence-electron chi connectivity index (χ0n) is 20.7. The van der Waals surface area contributed by atoms with Crippen LogP contribution >= 0.6 is 0 Å². The number of Topliss-reactive ketones (excluding diaryl/α,β-unsaturated/α-hetero) is 1. The monoisotopic (exact) mass is 487 g/mol. The highest BCUT2D eigenvalue weighted by atomic mass is 16.4. The van der Waals surface area contributed by atoms with Crippen molar-refractivity contribution >= 4 is 29.2 Å². The van der Waals surface area contributed by atoms with Crippen molar-refractivity contribution in [2.75, 3.05) is 23.8 Å². The number of benzene rings is 1. The fourth-order valence-corrected chi connectivity index (χ4v) is 4.51. The van der Waals surface area contributed by atoms with E-state index in [9.17, 15) is 14.7 Å². The van der Waals surface area contributed by atoms with Crippen LogP contribution in [-0.4, -0.2) is 45.4 Å². The minimum absolute atomic E-state index is 0.0618. The predicted molar refractivity (Wildman–Crippen MR) is 140 cm³/mol. The molecule has 1 aliphatic heterocycles. The van der Waals surface area contributed by atoms with Gasteiger partial charge in [-0.1, -0.05) is 24.3 Å². The van der Waals surface area contributed by atoms with Crippen LogP contribution in [0.25, 0.3) is 0 Å². The topological polar surface area (TPSA) is 108 Å². The standard InChI is InChI=1S/C28H33N5O3/c1-33(24-10-3-2-4-11-24)28-30-18-22(19-31-28)21(17-26(35)36)16-25(34)12-6-5-9-23-14-13-20-8-7-15-29-27(20)32-23/h2-4,10-11,13-14,18-19,21H,5-9,12,15-17H2,1H3,(H,29,32)(H,35,36). The molecule has 0 saturated heterocycles. The van der Waals surface area contributed by atoms with E-state index in [0.717, 1.165) is 55.8 Å². The molecule has 0 amide bonds. The highest BCUT2D eigenvalue weighted by Gasteiger charge is 2.21. The van der Waals surface area contributed by atoms with Gasteiger partial charge in [0.1, 0.15) is 11.6 Å². The largest absolute Gasteiger partial charge is 0.481 e. The van der Waals surface area contributed by atoms with Gasteiger partial charge in [0.25, 0.3) is 0 Å². The maximum atomic E-state index is 12.7. The summed E-state index contributed by atoms with van der Waals surface area (Å²) in [7, 11) is 1.87. The number of nitrogens with zero attached hydrogens (tertiary/aromatic N) is 4. The molecule has 1 unspecified atom stereocenters. The number of rotatable bonds is 12. The Bertz CT molecular complexity index is 1170. The van der Waals surface area contributed by atoms with Gasteiger partial charge in [-0.2, -0.15) is 0 Å². The first-order chi connectivity index (χ1) is 17.5. The van der Waals surface area contributed by atoms with E-state index in [1.807, 2.05) is 42.3 Å². The molecule has 1 aromatic carbocycles. The molecule has 0 saturated carbocycles. The second-order valence-electron chi connectivity index (χ2n) is 9.30. The van der Waals surface area contributed by atoms with E-state index < -0.39 is 11.9 Å². The molecule has 8 heteroatoms. The van der Waals surface area contributed by atoms with Crippen LogP contribution in [0.5, 0.6) is 0 Å². The van der Waals surface area contributed by atoms with Crippen LogP contribution in [0.2, 0.25) is 0 Å². The summed E-state index contributed by atoms with van der Waals surface area (Å²) in [4.78, 5) is 39.6. The fourth-order valence-electron chi connectivity index (χ4n) is 4.51. The summed E-state index contributed by atoms with van der Waals surface area (Å²) in [5, 5.41) is 12.8. The quantitative estimate of drug-likeness (QED) is 0.346. The van der Waals surface area contributed by atoms with Crippen molar-refractivity contribution in [3.05, 3.63) is 71.7 Å². The van der Waals surface area contributed by atoms with Crippen LogP contribution in [-0.2, 0) is 22.4 Å². The van der Waals surface area contributed by atoms with Gasteiger partial charge >= 0.3 is 5.97 Å². The molecule has 36 heavy (non-hydrogen) atoms. The highest BCUT2D eigenvalue weighted by Crippen LogP contribution is 2.26. The minimum Gasteiger partial charge on any atom is -0.481 e. The summed E-state index contributed by atoms with van der Waals surface area (Å²) in [6, 6.07) is 14.0. The van der Waals surface area contributed by atoms with Gasteiger partial charge in [-0.3, -0.25) is 9.59 Å². The number of carboxylic acids is 1. The summed E-state index contributed by atoms with van der Waals surface area (Å²) in [5.41, 5.74) is 3.93. The summed E-state index contributed by atoms with van der Waals surface area (Å²) >= 11 is 0. The molecule has 8 nitrogen and oxygen atoms in total. The van der Waals surface area contributed by atoms with E-state index >= 15 is 0 Å². The number of anilines is 3. The number of carbonyl (C=O) groups is 2. The van der Waals surface area contributed by atoms with Crippen LogP contribution in [0.1, 0.15) is 61.3 Å². The summed E-state index contributed by atoms with van der Waals surface area (Å²) in [6.07, 6.45) is 8.39. The number of carboxylic acid groups (broad SMARTS) is 1. The van der Waals surface area contributed by atoms with Gasteiger partial charge in [0, 0.05) is 56.1 Å². The van der Waals surface area contributed by atoms with Crippen LogP contribution in [0.3, 0.4) is 0 Å². The molecule has 1 aliphatic rings. The number of pyridine rings is 1. The number of unbranched alkanes of at least 4 members (excludes halogenated alkanes) is 1. The van der Waals surface area contributed by atoms with Crippen molar-refractivity contribution in [3.8, 4) is 0 Å². The first-order valence-electron chi connectivity index (χ1n) is 12.6. The van der Waals surface area contributed by atoms with Gasteiger partial charge in [0.15, 0.2) is 0 Å². The van der Waals surface area contributed by atoms with Crippen molar-refractivity contribution in [2.24, 2.45) is 0 Å². The third kappa shape index (κ3) is 6.87. The Morgan fingerprint density at radius 3 is 2.58 bits per heavy atom. The summed E-state index contributed by atoms with van der Waals surface area (Å²) in [6.45, 7) is 0.965. The molecule has 2 N–H and O–H groups in total. The Morgan fingerprint density at radius 1 is 1.06 bits per heavy atom. The number of fused-ring (bicyclic) bond motifs is 1. The Balaban J connectivity index is 1.29. The normalized spacial score (nSPS) is 13.4. The Hall–Kier alpha value is -3.81. The van der Waals surface area contributed by atoms with E-state index in [1.54, 1.807) is 12.4 Å². The molecule has 1 atom stereocenters. The molecule has 188 valence electrons. The lowest BCUT2D eigenvalue weighted by molar-refractivity contribution is -0.137. The zero-order valence-corrected chi connectivity index (χ0v) is 20.7. The van der Waals surface area contributed by atoms with Crippen molar-refractivity contribution < 1.29 is 14.7 Å². The number of hydrogen-bond donors (Lipinski definition) is 2. The maximum absolute atomic E-state index is 12.7. The lowest BCUT2D eigenvalue weighted by atomic mass is 9.91. The Morgan fingerprint density at radius 2 is 1.83 bits per heavy atom. The van der Waals surface area contributed by atoms with Crippen LogP contribution < -0.4 is 10.2 Å². The third-order valence-corrected chi connectivity index (χ3v) is 6.56. The van der Waals surface area contributed by atoms with Crippen molar-refractivity contribution in [1.29, 1.82) is 0 Å². The second-order valence-corrected chi connectivity index (χ2v) is 9.30. The number of ketones is 1. The third-order valence-electron chi connectivity index (χ3n) is 6.56. The van der Waals surface area contributed by atoms with Crippen molar-refractivity contribution in [2.45, 2.75) is 57.3 Å². The molecule has 3 heterocycles.